The Kier molecular flexibility index (Phi) is 6.66. The molecular formula is C29H33N3O4S. The molecule has 4 heterocycles. The third-order valence-corrected chi connectivity index (χ3v) is 8.80. The molecule has 2 aromatic heterocycles. The number of likely N-dealkylation sites (tertiary alicyclic amines) is 1. The maximum Gasteiger partial charge on any atom is 0.256 e. The van der Waals surface area contributed by atoms with Crippen molar-refractivity contribution in [3.63, 3.8) is 0 Å². The number of thiophene rings is 1. The van der Waals surface area contributed by atoms with Gasteiger partial charge in [-0.25, -0.2) is 4.99 Å². The Bertz CT molecular complexity index is 1360. The molecule has 2 aliphatic rings. The highest BCUT2D eigenvalue weighted by Gasteiger charge is 2.48. The summed E-state index contributed by atoms with van der Waals surface area (Å²) in [5.41, 5.74) is 3.84. The average Bonchev–Trinajstić information content (AvgIpc) is 3.62. The van der Waals surface area contributed by atoms with E-state index in [0.717, 1.165) is 11.1 Å². The highest BCUT2D eigenvalue weighted by Crippen LogP contribution is 2.40. The van der Waals surface area contributed by atoms with Crippen LogP contribution in [-0.2, 0) is 15.0 Å². The summed E-state index contributed by atoms with van der Waals surface area (Å²) in [6, 6.07) is 11.6. The average molecular weight is 520 g/mol. The minimum absolute atomic E-state index is 0.0267. The molecule has 0 saturated carbocycles. The van der Waals surface area contributed by atoms with Crippen molar-refractivity contribution in [2.75, 3.05) is 6.54 Å². The van der Waals surface area contributed by atoms with E-state index in [2.05, 4.69) is 40.7 Å². The van der Waals surface area contributed by atoms with Gasteiger partial charge in [0.15, 0.2) is 0 Å². The predicted molar refractivity (Wildman–Crippen MR) is 144 cm³/mol. The van der Waals surface area contributed by atoms with Gasteiger partial charge in [0.2, 0.25) is 5.91 Å². The number of carbonyl (C=O) groups is 2. The smallest absolute Gasteiger partial charge is 0.256 e. The lowest BCUT2D eigenvalue weighted by molar-refractivity contribution is -0.134. The van der Waals surface area contributed by atoms with Gasteiger partial charge < -0.3 is 14.5 Å². The quantitative estimate of drug-likeness (QED) is 0.492. The van der Waals surface area contributed by atoms with Crippen LogP contribution in [0.2, 0.25) is 0 Å². The SMILES string of the molecule is Cc1cc([C@@H](C(=O)N2C[C@H](O)C[C@H]2C2=NC(=O)[C@@](C)(c3ccc(-c4sccc4C)cc3)C2)C(C)C)on1. The highest BCUT2D eigenvalue weighted by molar-refractivity contribution is 7.13. The van der Waals surface area contributed by atoms with E-state index in [-0.39, 0.29) is 24.3 Å². The monoisotopic (exact) mass is 519 g/mol. The molecule has 8 heteroatoms. The number of aryl methyl sites for hydroxylation is 2. The first-order valence-electron chi connectivity index (χ1n) is 12.8. The van der Waals surface area contributed by atoms with Crippen LogP contribution in [0.4, 0.5) is 0 Å². The van der Waals surface area contributed by atoms with E-state index < -0.39 is 23.5 Å². The topological polar surface area (TPSA) is 96.0 Å². The standard InChI is InChI=1S/C29H33N3O4S/c1-16(2)25(24-12-18(4)31-36-24)27(34)32-15-21(33)13-23(32)22-14-29(5,28(35)30-22)20-8-6-19(7-9-20)26-17(3)10-11-37-26/h6-12,16,21,23,25,33H,13-15H2,1-5H3/t21-,23+,25+,29-/m1/s1. The Labute approximate surface area is 221 Å². The number of benzene rings is 1. The number of hydrogen-bond donors (Lipinski definition) is 1. The van der Waals surface area contributed by atoms with Crippen LogP contribution in [0.5, 0.6) is 0 Å². The summed E-state index contributed by atoms with van der Waals surface area (Å²) in [6.07, 6.45) is 0.110. The van der Waals surface area contributed by atoms with Gasteiger partial charge in [-0.15, -0.1) is 11.3 Å². The number of amides is 2. The van der Waals surface area contributed by atoms with Gasteiger partial charge in [-0.2, -0.15) is 0 Å². The van der Waals surface area contributed by atoms with Crippen LogP contribution in [0.1, 0.15) is 62.1 Å². The number of aromatic nitrogens is 1. The summed E-state index contributed by atoms with van der Waals surface area (Å²) in [5.74, 6) is -0.366. The van der Waals surface area contributed by atoms with Gasteiger partial charge in [-0.1, -0.05) is 43.3 Å². The van der Waals surface area contributed by atoms with Gasteiger partial charge in [0.05, 0.1) is 23.3 Å². The van der Waals surface area contributed by atoms with Gasteiger partial charge >= 0.3 is 0 Å². The lowest BCUT2D eigenvalue weighted by Gasteiger charge is -2.30. The van der Waals surface area contributed by atoms with Gasteiger partial charge in [-0.3, -0.25) is 9.59 Å². The third-order valence-electron chi connectivity index (χ3n) is 7.73. The van der Waals surface area contributed by atoms with Crippen LogP contribution in [0.15, 0.2) is 51.3 Å². The Morgan fingerprint density at radius 1 is 1.22 bits per heavy atom. The number of aliphatic hydroxyl groups excluding tert-OH is 1. The summed E-state index contributed by atoms with van der Waals surface area (Å²) >= 11 is 1.70. The maximum atomic E-state index is 13.8. The molecule has 0 radical (unpaired) electrons. The molecule has 3 aromatic rings. The first kappa shape index (κ1) is 25.5. The summed E-state index contributed by atoms with van der Waals surface area (Å²) in [4.78, 5) is 34.5. The van der Waals surface area contributed by atoms with Gasteiger partial charge in [-0.05, 0) is 54.8 Å². The molecule has 37 heavy (non-hydrogen) atoms. The van der Waals surface area contributed by atoms with Crippen molar-refractivity contribution < 1.29 is 19.2 Å². The second-order valence-corrected chi connectivity index (χ2v) is 11.8. The molecule has 0 spiro atoms. The van der Waals surface area contributed by atoms with Gasteiger partial charge in [0, 0.05) is 36.0 Å². The second-order valence-electron chi connectivity index (χ2n) is 10.9. The molecule has 1 fully saturated rings. The highest BCUT2D eigenvalue weighted by atomic mass is 32.1. The molecule has 0 bridgehead atoms. The number of β-amino-alcohol motifs (C(OH)–C–C–N with tert-alkyl or cyclic N) is 1. The molecule has 5 rings (SSSR count). The van der Waals surface area contributed by atoms with Crippen molar-refractivity contribution >= 4 is 28.9 Å². The summed E-state index contributed by atoms with van der Waals surface area (Å²) in [6.45, 7) is 9.98. The Morgan fingerprint density at radius 3 is 2.54 bits per heavy atom. The number of aliphatic imine (C=N–C) groups is 1. The third kappa shape index (κ3) is 4.57. The molecule has 7 nitrogen and oxygen atoms in total. The number of carbonyl (C=O) groups excluding carboxylic acids is 2. The van der Waals surface area contributed by atoms with Crippen molar-refractivity contribution in [3.8, 4) is 10.4 Å². The molecule has 1 N–H and O–H groups in total. The van der Waals surface area contributed by atoms with E-state index in [9.17, 15) is 14.7 Å². The number of hydrogen-bond acceptors (Lipinski definition) is 6. The van der Waals surface area contributed by atoms with E-state index in [0.29, 0.717) is 30.0 Å². The molecule has 0 aliphatic carbocycles. The molecule has 4 atom stereocenters. The molecule has 1 aromatic carbocycles. The van der Waals surface area contributed by atoms with Crippen LogP contribution in [-0.4, -0.2) is 51.4 Å². The van der Waals surface area contributed by atoms with E-state index in [4.69, 9.17) is 4.52 Å². The molecule has 2 amide bonds. The fourth-order valence-corrected chi connectivity index (χ4v) is 6.56. The summed E-state index contributed by atoms with van der Waals surface area (Å²) in [7, 11) is 0. The number of rotatable bonds is 6. The fourth-order valence-electron chi connectivity index (χ4n) is 5.62. The second kappa shape index (κ2) is 9.65. The first-order chi connectivity index (χ1) is 17.6. The zero-order chi connectivity index (χ0) is 26.5. The van der Waals surface area contributed by atoms with Crippen LogP contribution < -0.4 is 0 Å². The zero-order valence-electron chi connectivity index (χ0n) is 21.9. The molecule has 0 unspecified atom stereocenters. The van der Waals surface area contributed by atoms with Crippen molar-refractivity contribution in [2.24, 2.45) is 10.9 Å². The van der Waals surface area contributed by atoms with Crippen LogP contribution >= 0.6 is 11.3 Å². The predicted octanol–water partition coefficient (Wildman–Crippen LogP) is 5.05. The van der Waals surface area contributed by atoms with E-state index in [1.807, 2.05) is 39.8 Å². The normalized spacial score (nSPS) is 24.7. The summed E-state index contributed by atoms with van der Waals surface area (Å²) < 4.78 is 5.46. The Morgan fingerprint density at radius 2 is 1.95 bits per heavy atom. The van der Waals surface area contributed by atoms with Crippen molar-refractivity contribution in [1.29, 1.82) is 0 Å². The Balaban J connectivity index is 1.39. The van der Waals surface area contributed by atoms with Crippen molar-refractivity contribution in [2.45, 2.75) is 70.9 Å². The Hall–Kier alpha value is -3.10. The lowest BCUT2D eigenvalue weighted by atomic mass is 9.78. The lowest BCUT2D eigenvalue weighted by Crippen LogP contribution is -2.44. The van der Waals surface area contributed by atoms with Crippen molar-refractivity contribution in [3.05, 3.63) is 64.4 Å². The first-order valence-corrected chi connectivity index (χ1v) is 13.6. The van der Waals surface area contributed by atoms with Crippen LogP contribution in [0.3, 0.4) is 0 Å². The molecular weight excluding hydrogens is 486 g/mol. The zero-order valence-corrected chi connectivity index (χ0v) is 22.7. The maximum absolute atomic E-state index is 13.8. The van der Waals surface area contributed by atoms with Gasteiger partial charge in [0.1, 0.15) is 11.7 Å². The fraction of sp³-hybridized carbons (Fsp3) is 0.448. The summed E-state index contributed by atoms with van der Waals surface area (Å²) in [5, 5.41) is 16.6. The molecule has 2 aliphatic heterocycles. The van der Waals surface area contributed by atoms with Crippen LogP contribution in [0.25, 0.3) is 10.4 Å². The minimum atomic E-state index is -0.805. The van der Waals surface area contributed by atoms with E-state index >= 15 is 0 Å². The number of nitrogens with zero attached hydrogens (tertiary/aromatic N) is 3. The molecule has 1 saturated heterocycles. The van der Waals surface area contributed by atoms with E-state index in [1.54, 1.807) is 22.3 Å². The number of aliphatic hydroxyl groups is 1. The van der Waals surface area contributed by atoms with E-state index in [1.165, 1.54) is 10.4 Å². The van der Waals surface area contributed by atoms with Gasteiger partial charge in [0.25, 0.3) is 5.91 Å². The minimum Gasteiger partial charge on any atom is -0.391 e. The molecule has 194 valence electrons. The van der Waals surface area contributed by atoms with Crippen LogP contribution in [0, 0.1) is 19.8 Å². The van der Waals surface area contributed by atoms with Crippen molar-refractivity contribution in [1.82, 2.24) is 10.1 Å². The largest absolute Gasteiger partial charge is 0.391 e.